The van der Waals surface area contributed by atoms with Crippen LogP contribution in [0.2, 0.25) is 0 Å². The van der Waals surface area contributed by atoms with Crippen LogP contribution in [0.15, 0.2) is 47.1 Å². The number of nitrogens with zero attached hydrogens (tertiary/aromatic N) is 2. The van der Waals surface area contributed by atoms with Crippen LogP contribution in [-0.4, -0.2) is 61.4 Å². The van der Waals surface area contributed by atoms with Crippen LogP contribution in [-0.2, 0) is 17.8 Å². The van der Waals surface area contributed by atoms with Gasteiger partial charge in [-0.25, -0.2) is 0 Å². The lowest BCUT2D eigenvalue weighted by atomic mass is 10.2. The van der Waals surface area contributed by atoms with Crippen LogP contribution < -0.4 is 10.1 Å². The molecule has 0 unspecified atom stereocenters. The molecule has 0 spiro atoms. The lowest BCUT2D eigenvalue weighted by Gasteiger charge is -2.29. The third kappa shape index (κ3) is 6.51. The van der Waals surface area contributed by atoms with E-state index in [0.717, 1.165) is 68.0 Å². The van der Waals surface area contributed by atoms with E-state index in [2.05, 4.69) is 15.1 Å². The molecule has 1 aromatic heterocycles. The molecule has 28 heavy (non-hydrogen) atoms. The molecule has 2 aromatic rings. The van der Waals surface area contributed by atoms with Crippen molar-refractivity contribution in [1.29, 1.82) is 0 Å². The van der Waals surface area contributed by atoms with E-state index in [1.54, 1.807) is 13.4 Å². The third-order valence-electron chi connectivity index (χ3n) is 4.82. The molecular weight excluding hydrogens is 374 g/mol. The Hall–Kier alpha value is -2.09. The number of ether oxygens (including phenoxy) is 2. The predicted molar refractivity (Wildman–Crippen MR) is 113 cm³/mol. The molecule has 1 fully saturated rings. The summed E-state index contributed by atoms with van der Waals surface area (Å²) in [5, 5.41) is 4.12. The molecule has 152 valence electrons. The molecule has 0 saturated carbocycles. The standard InChI is InChI=1S/C21H29N3O3S/c1-25-19-7-5-18(6-8-19)16-22-21(28)24(17-20-4-2-13-27-20)10-3-9-23-11-14-26-15-12-23/h2,4-8,13H,3,9-12,14-17H2,1H3,(H,22,28). The van der Waals surface area contributed by atoms with Crippen molar-refractivity contribution in [2.24, 2.45) is 0 Å². The van der Waals surface area contributed by atoms with Crippen LogP contribution >= 0.6 is 12.2 Å². The summed E-state index contributed by atoms with van der Waals surface area (Å²) in [6.45, 7) is 6.98. The molecule has 0 atom stereocenters. The van der Waals surface area contributed by atoms with E-state index in [4.69, 9.17) is 26.1 Å². The second-order valence-corrected chi connectivity index (χ2v) is 7.20. The summed E-state index contributed by atoms with van der Waals surface area (Å²) in [6.07, 6.45) is 2.75. The van der Waals surface area contributed by atoms with Gasteiger partial charge in [-0.1, -0.05) is 12.1 Å². The van der Waals surface area contributed by atoms with Crippen LogP contribution in [0, 0.1) is 0 Å². The molecule has 7 heteroatoms. The zero-order valence-corrected chi connectivity index (χ0v) is 17.2. The summed E-state index contributed by atoms with van der Waals surface area (Å²) in [5.41, 5.74) is 1.16. The Morgan fingerprint density at radius 1 is 1.21 bits per heavy atom. The highest BCUT2D eigenvalue weighted by molar-refractivity contribution is 7.80. The van der Waals surface area contributed by atoms with Crippen LogP contribution in [0.1, 0.15) is 17.7 Å². The van der Waals surface area contributed by atoms with E-state index in [1.807, 2.05) is 36.4 Å². The number of benzene rings is 1. The first kappa shape index (κ1) is 20.6. The Morgan fingerprint density at radius 2 is 2.00 bits per heavy atom. The Morgan fingerprint density at radius 3 is 2.68 bits per heavy atom. The number of rotatable bonds is 9. The van der Waals surface area contributed by atoms with Gasteiger partial charge in [-0.2, -0.15) is 0 Å². The second kappa shape index (κ2) is 11.0. The highest BCUT2D eigenvalue weighted by atomic mass is 32.1. The maximum atomic E-state index is 5.68. The lowest BCUT2D eigenvalue weighted by Crippen LogP contribution is -2.41. The first-order chi connectivity index (χ1) is 13.7. The summed E-state index contributed by atoms with van der Waals surface area (Å²) in [5.74, 6) is 1.77. The minimum absolute atomic E-state index is 0.671. The minimum Gasteiger partial charge on any atom is -0.497 e. The number of thiocarbonyl (C=S) groups is 1. The van der Waals surface area contributed by atoms with Gasteiger partial charge in [0.1, 0.15) is 11.5 Å². The maximum absolute atomic E-state index is 5.68. The third-order valence-corrected chi connectivity index (χ3v) is 5.23. The number of morpholine rings is 1. The Labute approximate surface area is 172 Å². The summed E-state index contributed by atoms with van der Waals surface area (Å²) in [7, 11) is 1.67. The summed E-state index contributed by atoms with van der Waals surface area (Å²) < 4.78 is 16.2. The van der Waals surface area contributed by atoms with Gasteiger partial charge in [-0.15, -0.1) is 0 Å². The van der Waals surface area contributed by atoms with Gasteiger partial charge in [-0.05, 0) is 48.5 Å². The number of methoxy groups -OCH3 is 1. The van der Waals surface area contributed by atoms with Crippen LogP contribution in [0.25, 0.3) is 0 Å². The molecule has 0 amide bonds. The quantitative estimate of drug-likeness (QED) is 0.646. The molecule has 1 N–H and O–H groups in total. The Bertz CT molecular complexity index is 700. The molecule has 1 aliphatic rings. The van der Waals surface area contributed by atoms with Gasteiger partial charge >= 0.3 is 0 Å². The van der Waals surface area contributed by atoms with Crippen molar-refractivity contribution in [3.8, 4) is 5.75 Å². The van der Waals surface area contributed by atoms with Gasteiger partial charge in [-0.3, -0.25) is 4.90 Å². The highest BCUT2D eigenvalue weighted by Gasteiger charge is 2.14. The molecule has 3 rings (SSSR count). The van der Waals surface area contributed by atoms with E-state index >= 15 is 0 Å². The molecule has 6 nitrogen and oxygen atoms in total. The molecule has 1 aromatic carbocycles. The molecule has 0 bridgehead atoms. The fraction of sp³-hybridized carbons (Fsp3) is 0.476. The van der Waals surface area contributed by atoms with Crippen molar-refractivity contribution in [3.05, 3.63) is 54.0 Å². The van der Waals surface area contributed by atoms with Crippen molar-refractivity contribution in [1.82, 2.24) is 15.1 Å². The monoisotopic (exact) mass is 403 g/mol. The SMILES string of the molecule is COc1ccc(CNC(=S)N(CCCN2CCOCC2)Cc2ccco2)cc1. The molecule has 2 heterocycles. The number of hydrogen-bond acceptors (Lipinski definition) is 5. The fourth-order valence-electron chi connectivity index (χ4n) is 3.19. The molecule has 1 saturated heterocycles. The van der Waals surface area contributed by atoms with Crippen LogP contribution in [0.3, 0.4) is 0 Å². The number of hydrogen-bond donors (Lipinski definition) is 1. The number of nitrogens with one attached hydrogen (secondary N) is 1. The van der Waals surface area contributed by atoms with Gasteiger partial charge in [0.15, 0.2) is 5.11 Å². The first-order valence-corrected chi connectivity index (χ1v) is 10.1. The summed E-state index contributed by atoms with van der Waals surface area (Å²) >= 11 is 5.68. The van der Waals surface area contributed by atoms with Crippen molar-refractivity contribution in [2.45, 2.75) is 19.5 Å². The van der Waals surface area contributed by atoms with Crippen molar-refractivity contribution >= 4 is 17.3 Å². The zero-order chi connectivity index (χ0) is 19.6. The summed E-state index contributed by atoms with van der Waals surface area (Å²) in [4.78, 5) is 4.63. The molecular formula is C21H29N3O3S. The van der Waals surface area contributed by atoms with E-state index in [-0.39, 0.29) is 0 Å². The fourth-order valence-corrected chi connectivity index (χ4v) is 3.41. The maximum Gasteiger partial charge on any atom is 0.169 e. The topological polar surface area (TPSA) is 50.1 Å². The largest absolute Gasteiger partial charge is 0.497 e. The normalized spacial score (nSPS) is 14.6. The minimum atomic E-state index is 0.671. The Kier molecular flexibility index (Phi) is 8.14. The first-order valence-electron chi connectivity index (χ1n) is 9.73. The molecule has 0 aliphatic carbocycles. The van der Waals surface area contributed by atoms with Crippen molar-refractivity contribution in [3.63, 3.8) is 0 Å². The van der Waals surface area contributed by atoms with Gasteiger partial charge in [0.05, 0.1) is 33.1 Å². The van der Waals surface area contributed by atoms with Crippen LogP contribution in [0.5, 0.6) is 5.75 Å². The molecule has 0 radical (unpaired) electrons. The van der Waals surface area contributed by atoms with Gasteiger partial charge in [0.25, 0.3) is 0 Å². The smallest absolute Gasteiger partial charge is 0.169 e. The van der Waals surface area contributed by atoms with E-state index in [1.165, 1.54) is 0 Å². The van der Waals surface area contributed by atoms with Crippen LogP contribution in [0.4, 0.5) is 0 Å². The van der Waals surface area contributed by atoms with Gasteiger partial charge in [0.2, 0.25) is 0 Å². The van der Waals surface area contributed by atoms with Gasteiger partial charge < -0.3 is 24.1 Å². The molecule has 1 aliphatic heterocycles. The lowest BCUT2D eigenvalue weighted by molar-refractivity contribution is 0.0367. The van der Waals surface area contributed by atoms with Crippen molar-refractivity contribution in [2.75, 3.05) is 46.5 Å². The average Bonchev–Trinajstić information content (AvgIpc) is 3.25. The van der Waals surface area contributed by atoms with Gasteiger partial charge in [0, 0.05) is 32.7 Å². The second-order valence-electron chi connectivity index (χ2n) is 6.82. The highest BCUT2D eigenvalue weighted by Crippen LogP contribution is 2.12. The van der Waals surface area contributed by atoms with E-state index < -0.39 is 0 Å². The average molecular weight is 404 g/mol. The number of furan rings is 1. The predicted octanol–water partition coefficient (Wildman–Crippen LogP) is 2.89. The summed E-state index contributed by atoms with van der Waals surface area (Å²) in [6, 6.07) is 11.9. The Balaban J connectivity index is 1.51. The zero-order valence-electron chi connectivity index (χ0n) is 16.4. The van der Waals surface area contributed by atoms with E-state index in [9.17, 15) is 0 Å². The van der Waals surface area contributed by atoms with Crippen molar-refractivity contribution < 1.29 is 13.9 Å². The van der Waals surface area contributed by atoms with E-state index in [0.29, 0.717) is 13.1 Å².